The standard InChI is InChI=1S/C24H25NO7S/c1-31-20-11-7-18(8-12-20)19-9-13-21(14-10-19)33(29,30)25-23(24(27)28)22(26)16-32-15-17-5-3-2-4-6-17/h2-14,22-23,25-26H,15-16H2,1H3,(H,27,28)/t22-,23+/m0/s1. The Morgan fingerprint density at radius 2 is 1.52 bits per heavy atom. The molecule has 0 aliphatic heterocycles. The summed E-state index contributed by atoms with van der Waals surface area (Å²) in [5.74, 6) is -0.808. The lowest BCUT2D eigenvalue weighted by molar-refractivity contribution is -0.143. The molecule has 8 nitrogen and oxygen atoms in total. The molecule has 0 saturated carbocycles. The van der Waals surface area contributed by atoms with Crippen molar-refractivity contribution in [3.05, 3.63) is 84.4 Å². The summed E-state index contributed by atoms with van der Waals surface area (Å²) in [7, 11) is -2.63. The smallest absolute Gasteiger partial charge is 0.324 e. The van der Waals surface area contributed by atoms with Crippen LogP contribution in [0.25, 0.3) is 11.1 Å². The predicted octanol–water partition coefficient (Wildman–Crippen LogP) is 2.67. The van der Waals surface area contributed by atoms with Crippen LogP contribution in [0, 0.1) is 0 Å². The molecule has 3 N–H and O–H groups in total. The molecule has 0 heterocycles. The highest BCUT2D eigenvalue weighted by Gasteiger charge is 2.32. The third-order valence-corrected chi connectivity index (χ3v) is 6.38. The molecule has 0 saturated heterocycles. The third kappa shape index (κ3) is 6.62. The summed E-state index contributed by atoms with van der Waals surface area (Å²) in [6.45, 7) is -0.200. The average molecular weight is 472 g/mol. The van der Waals surface area contributed by atoms with E-state index in [2.05, 4.69) is 4.72 Å². The summed E-state index contributed by atoms with van der Waals surface area (Å²) >= 11 is 0. The van der Waals surface area contributed by atoms with E-state index in [1.54, 1.807) is 31.4 Å². The number of nitrogens with one attached hydrogen (secondary N) is 1. The fourth-order valence-corrected chi connectivity index (χ4v) is 4.33. The minimum Gasteiger partial charge on any atom is -0.497 e. The SMILES string of the molecule is COc1ccc(-c2ccc(S(=O)(=O)N[C@@H](C(=O)O)[C@@H](O)COCc3ccccc3)cc2)cc1. The molecule has 0 aromatic heterocycles. The van der Waals surface area contributed by atoms with Crippen molar-refractivity contribution in [2.24, 2.45) is 0 Å². The van der Waals surface area contributed by atoms with Crippen molar-refractivity contribution >= 4 is 16.0 Å². The summed E-state index contributed by atoms with van der Waals surface area (Å²) in [5.41, 5.74) is 2.48. The number of hydrogen-bond acceptors (Lipinski definition) is 6. The first kappa shape index (κ1) is 24.4. The third-order valence-electron chi connectivity index (χ3n) is 4.92. The maximum Gasteiger partial charge on any atom is 0.324 e. The highest BCUT2D eigenvalue weighted by atomic mass is 32.2. The maximum absolute atomic E-state index is 12.7. The van der Waals surface area contributed by atoms with E-state index < -0.39 is 28.1 Å². The molecule has 0 unspecified atom stereocenters. The number of aliphatic carboxylic acids is 1. The van der Waals surface area contributed by atoms with Crippen molar-refractivity contribution in [2.45, 2.75) is 23.6 Å². The molecule has 9 heteroatoms. The van der Waals surface area contributed by atoms with Crippen molar-refractivity contribution in [3.63, 3.8) is 0 Å². The van der Waals surface area contributed by atoms with Crippen LogP contribution in [0.4, 0.5) is 0 Å². The monoisotopic (exact) mass is 471 g/mol. The van der Waals surface area contributed by atoms with E-state index in [0.29, 0.717) is 5.75 Å². The van der Waals surface area contributed by atoms with Gasteiger partial charge < -0.3 is 19.7 Å². The Morgan fingerprint density at radius 3 is 2.06 bits per heavy atom. The molecule has 0 bridgehead atoms. The number of ether oxygens (including phenoxy) is 2. The molecule has 2 atom stereocenters. The zero-order valence-corrected chi connectivity index (χ0v) is 18.7. The summed E-state index contributed by atoms with van der Waals surface area (Å²) in [4.78, 5) is 11.5. The van der Waals surface area contributed by atoms with Gasteiger partial charge in [0, 0.05) is 0 Å². The first-order valence-corrected chi connectivity index (χ1v) is 11.6. The van der Waals surface area contributed by atoms with Gasteiger partial charge in [-0.25, -0.2) is 8.42 Å². The zero-order valence-electron chi connectivity index (χ0n) is 17.9. The number of rotatable bonds is 11. The molecule has 0 radical (unpaired) electrons. The van der Waals surface area contributed by atoms with Gasteiger partial charge in [0.1, 0.15) is 17.9 Å². The van der Waals surface area contributed by atoms with Crippen LogP contribution >= 0.6 is 0 Å². The van der Waals surface area contributed by atoms with Crippen LogP contribution in [-0.2, 0) is 26.2 Å². The maximum atomic E-state index is 12.7. The molecular formula is C24H25NO7S. The number of carboxylic acid groups (broad SMARTS) is 1. The Balaban J connectivity index is 1.66. The van der Waals surface area contributed by atoms with Crippen LogP contribution in [0.5, 0.6) is 5.75 Å². The predicted molar refractivity (Wildman–Crippen MR) is 122 cm³/mol. The first-order chi connectivity index (χ1) is 15.8. The van der Waals surface area contributed by atoms with Crippen LogP contribution in [0.1, 0.15) is 5.56 Å². The van der Waals surface area contributed by atoms with Gasteiger partial charge in [-0.1, -0.05) is 54.6 Å². The van der Waals surface area contributed by atoms with Gasteiger partial charge in [0.2, 0.25) is 10.0 Å². The molecule has 3 rings (SSSR count). The number of aliphatic hydroxyl groups is 1. The lowest BCUT2D eigenvalue weighted by Crippen LogP contribution is -2.50. The average Bonchev–Trinajstić information content (AvgIpc) is 2.83. The van der Waals surface area contributed by atoms with Crippen molar-refractivity contribution in [1.29, 1.82) is 0 Å². The first-order valence-electron chi connectivity index (χ1n) is 10.1. The van der Waals surface area contributed by atoms with E-state index in [1.807, 2.05) is 42.5 Å². The molecule has 174 valence electrons. The molecule has 33 heavy (non-hydrogen) atoms. The van der Waals surface area contributed by atoms with Crippen LogP contribution in [0.3, 0.4) is 0 Å². The Hall–Kier alpha value is -3.24. The van der Waals surface area contributed by atoms with E-state index in [-0.39, 0.29) is 18.1 Å². The fraction of sp³-hybridized carbons (Fsp3) is 0.208. The van der Waals surface area contributed by atoms with Gasteiger partial charge in [-0.05, 0) is 41.0 Å². The molecule has 0 aliphatic carbocycles. The second-order valence-electron chi connectivity index (χ2n) is 7.26. The van der Waals surface area contributed by atoms with E-state index in [9.17, 15) is 23.4 Å². The number of aliphatic hydroxyl groups excluding tert-OH is 1. The molecule has 0 spiro atoms. The summed E-state index contributed by atoms with van der Waals surface area (Å²) in [6, 6.07) is 20.6. The lowest BCUT2D eigenvalue weighted by atomic mass is 10.1. The minimum atomic E-state index is -4.20. The molecule has 0 aliphatic rings. The largest absolute Gasteiger partial charge is 0.497 e. The second kappa shape index (κ2) is 11.1. The van der Waals surface area contributed by atoms with Gasteiger partial charge >= 0.3 is 5.97 Å². The Kier molecular flexibility index (Phi) is 8.18. The number of carbonyl (C=O) groups is 1. The van der Waals surface area contributed by atoms with Crippen molar-refractivity contribution in [1.82, 2.24) is 4.72 Å². The molecule has 3 aromatic carbocycles. The van der Waals surface area contributed by atoms with Gasteiger partial charge in [0.15, 0.2) is 0 Å². The van der Waals surface area contributed by atoms with E-state index in [0.717, 1.165) is 16.7 Å². The second-order valence-corrected chi connectivity index (χ2v) is 8.97. The quantitative estimate of drug-likeness (QED) is 0.393. The summed E-state index contributed by atoms with van der Waals surface area (Å²) < 4.78 is 38.0. The van der Waals surface area contributed by atoms with Crippen molar-refractivity contribution in [3.8, 4) is 16.9 Å². The molecule has 0 fully saturated rings. The number of carboxylic acids is 1. The van der Waals surface area contributed by atoms with E-state index in [1.165, 1.54) is 12.1 Å². The van der Waals surface area contributed by atoms with Crippen LogP contribution in [0.2, 0.25) is 0 Å². The van der Waals surface area contributed by atoms with Crippen LogP contribution < -0.4 is 9.46 Å². The normalized spacial score (nSPS) is 13.3. The minimum absolute atomic E-state index is 0.122. The molecule has 3 aromatic rings. The van der Waals surface area contributed by atoms with Gasteiger partial charge in [-0.3, -0.25) is 4.79 Å². The van der Waals surface area contributed by atoms with Crippen molar-refractivity contribution in [2.75, 3.05) is 13.7 Å². The lowest BCUT2D eigenvalue weighted by Gasteiger charge is -2.20. The highest BCUT2D eigenvalue weighted by Crippen LogP contribution is 2.24. The van der Waals surface area contributed by atoms with E-state index >= 15 is 0 Å². The number of methoxy groups -OCH3 is 1. The number of hydrogen-bond donors (Lipinski definition) is 3. The Labute approximate surface area is 192 Å². The highest BCUT2D eigenvalue weighted by molar-refractivity contribution is 7.89. The Bertz CT molecular complexity index is 1150. The summed E-state index contributed by atoms with van der Waals surface area (Å²) in [6.07, 6.45) is -1.58. The van der Waals surface area contributed by atoms with Gasteiger partial charge in [-0.15, -0.1) is 0 Å². The molecule has 0 amide bonds. The molecular weight excluding hydrogens is 446 g/mol. The fourth-order valence-electron chi connectivity index (χ4n) is 3.11. The zero-order chi connectivity index (χ0) is 23.8. The van der Waals surface area contributed by atoms with Crippen molar-refractivity contribution < 1.29 is 32.9 Å². The van der Waals surface area contributed by atoms with Crippen LogP contribution in [-0.4, -0.2) is 50.5 Å². The van der Waals surface area contributed by atoms with Gasteiger partial charge in [0.05, 0.1) is 25.2 Å². The van der Waals surface area contributed by atoms with Crippen LogP contribution in [0.15, 0.2) is 83.8 Å². The topological polar surface area (TPSA) is 122 Å². The number of sulfonamides is 1. The number of benzene rings is 3. The summed E-state index contributed by atoms with van der Waals surface area (Å²) in [5, 5.41) is 19.7. The van der Waals surface area contributed by atoms with Gasteiger partial charge in [0.25, 0.3) is 0 Å². The van der Waals surface area contributed by atoms with Gasteiger partial charge in [-0.2, -0.15) is 4.72 Å². The Morgan fingerprint density at radius 1 is 0.939 bits per heavy atom. The van der Waals surface area contributed by atoms with E-state index in [4.69, 9.17) is 9.47 Å².